The summed E-state index contributed by atoms with van der Waals surface area (Å²) in [6, 6.07) is 12.1. The van der Waals surface area contributed by atoms with E-state index in [1.807, 2.05) is 36.1 Å². The molecule has 4 nitrogen and oxygen atoms in total. The molecule has 0 radical (unpaired) electrons. The van der Waals surface area contributed by atoms with Gasteiger partial charge in [-0.15, -0.1) is 0 Å². The van der Waals surface area contributed by atoms with Gasteiger partial charge >= 0.3 is 0 Å². The first-order valence-electron chi connectivity index (χ1n) is 6.38. The van der Waals surface area contributed by atoms with Crippen molar-refractivity contribution in [2.75, 3.05) is 11.4 Å². The molecule has 0 spiro atoms. The smallest absolute Gasteiger partial charge is 0.196 e. The molecular formula is C15H15FN4. The highest BCUT2D eigenvalue weighted by Crippen LogP contribution is 2.35. The molecule has 0 aliphatic carbocycles. The fraction of sp³-hybridized carbons (Fsp3) is 0.200. The van der Waals surface area contributed by atoms with Crippen molar-refractivity contribution in [3.8, 4) is 0 Å². The van der Waals surface area contributed by atoms with Crippen molar-refractivity contribution in [1.29, 1.82) is 0 Å². The maximum atomic E-state index is 13.5. The third-order valence-electron chi connectivity index (χ3n) is 3.55. The number of hydrogen-bond donors (Lipinski definition) is 1. The molecule has 2 heterocycles. The normalized spacial score (nSPS) is 21.9. The Hall–Kier alpha value is -2.43. The maximum Gasteiger partial charge on any atom is 0.196 e. The van der Waals surface area contributed by atoms with Crippen LogP contribution in [-0.2, 0) is 5.54 Å². The van der Waals surface area contributed by atoms with Crippen LogP contribution in [0.5, 0.6) is 0 Å². The summed E-state index contributed by atoms with van der Waals surface area (Å²) >= 11 is 0. The molecule has 1 aromatic carbocycles. The average molecular weight is 270 g/mol. The van der Waals surface area contributed by atoms with Gasteiger partial charge < -0.3 is 5.73 Å². The zero-order chi connectivity index (χ0) is 14.2. The molecule has 5 heteroatoms. The van der Waals surface area contributed by atoms with E-state index in [4.69, 9.17) is 5.73 Å². The van der Waals surface area contributed by atoms with Crippen LogP contribution in [0.3, 0.4) is 0 Å². The molecule has 3 rings (SSSR count). The van der Waals surface area contributed by atoms with Crippen molar-refractivity contribution in [3.05, 3.63) is 60.2 Å². The van der Waals surface area contributed by atoms with Gasteiger partial charge in [-0.05, 0) is 37.3 Å². The van der Waals surface area contributed by atoms with Gasteiger partial charge in [0.25, 0.3) is 0 Å². The molecule has 2 N–H and O–H groups in total. The molecule has 0 saturated carbocycles. The Morgan fingerprint density at radius 1 is 1.25 bits per heavy atom. The van der Waals surface area contributed by atoms with Crippen LogP contribution in [0.15, 0.2) is 53.7 Å². The number of pyridine rings is 1. The van der Waals surface area contributed by atoms with E-state index in [0.29, 0.717) is 18.2 Å². The highest BCUT2D eigenvalue weighted by Gasteiger charge is 2.41. The number of anilines is 1. The number of halogens is 1. The zero-order valence-corrected chi connectivity index (χ0v) is 11.1. The van der Waals surface area contributed by atoms with Crippen LogP contribution in [0, 0.1) is 5.82 Å². The van der Waals surface area contributed by atoms with Crippen LogP contribution in [0.4, 0.5) is 10.1 Å². The SMILES string of the molecule is CC1(c2ccccn2)CN=C(N)N1c1cccc(F)c1. The second kappa shape index (κ2) is 4.59. The lowest BCUT2D eigenvalue weighted by atomic mass is 9.95. The third-order valence-corrected chi connectivity index (χ3v) is 3.55. The summed E-state index contributed by atoms with van der Waals surface area (Å²) in [5.41, 5.74) is 7.03. The summed E-state index contributed by atoms with van der Waals surface area (Å²) < 4.78 is 13.5. The van der Waals surface area contributed by atoms with Gasteiger partial charge in [0.15, 0.2) is 5.96 Å². The lowest BCUT2D eigenvalue weighted by molar-refractivity contribution is 0.514. The van der Waals surface area contributed by atoms with Crippen molar-refractivity contribution < 1.29 is 4.39 Å². The molecule has 1 aliphatic rings. The van der Waals surface area contributed by atoms with Gasteiger partial charge in [-0.1, -0.05) is 12.1 Å². The summed E-state index contributed by atoms with van der Waals surface area (Å²) in [6.45, 7) is 2.50. The predicted octanol–water partition coefficient (Wildman–Crippen LogP) is 2.27. The summed E-state index contributed by atoms with van der Waals surface area (Å²) in [4.78, 5) is 10.5. The molecule has 0 fully saturated rings. The molecule has 1 unspecified atom stereocenters. The van der Waals surface area contributed by atoms with Gasteiger partial charge in [-0.3, -0.25) is 14.9 Å². The number of benzene rings is 1. The van der Waals surface area contributed by atoms with Crippen LogP contribution in [0.2, 0.25) is 0 Å². The van der Waals surface area contributed by atoms with Crippen molar-refractivity contribution in [1.82, 2.24) is 4.98 Å². The van der Waals surface area contributed by atoms with Gasteiger partial charge in [-0.2, -0.15) is 0 Å². The highest BCUT2D eigenvalue weighted by molar-refractivity contribution is 5.98. The number of nitrogens with two attached hydrogens (primary N) is 1. The van der Waals surface area contributed by atoms with E-state index >= 15 is 0 Å². The third kappa shape index (κ3) is 1.91. The molecule has 1 aliphatic heterocycles. The highest BCUT2D eigenvalue weighted by atomic mass is 19.1. The molecule has 1 atom stereocenters. The summed E-state index contributed by atoms with van der Waals surface area (Å²) in [6.07, 6.45) is 1.73. The van der Waals surface area contributed by atoms with Gasteiger partial charge in [0.1, 0.15) is 11.4 Å². The Kier molecular flexibility index (Phi) is 2.89. The molecule has 0 bridgehead atoms. The van der Waals surface area contributed by atoms with Crippen LogP contribution in [0.25, 0.3) is 0 Å². The molecular weight excluding hydrogens is 255 g/mol. The second-order valence-electron chi connectivity index (χ2n) is 4.98. The largest absolute Gasteiger partial charge is 0.369 e. The van der Waals surface area contributed by atoms with Gasteiger partial charge in [0.05, 0.1) is 12.2 Å². The van der Waals surface area contributed by atoms with Crippen LogP contribution in [-0.4, -0.2) is 17.5 Å². The van der Waals surface area contributed by atoms with E-state index in [0.717, 1.165) is 5.69 Å². The van der Waals surface area contributed by atoms with Crippen LogP contribution < -0.4 is 10.6 Å². The quantitative estimate of drug-likeness (QED) is 0.910. The van der Waals surface area contributed by atoms with Crippen LogP contribution >= 0.6 is 0 Å². The van der Waals surface area contributed by atoms with Crippen molar-refractivity contribution in [2.45, 2.75) is 12.5 Å². The Balaban J connectivity index is 2.09. The van der Waals surface area contributed by atoms with Crippen molar-refractivity contribution in [2.24, 2.45) is 10.7 Å². The van der Waals surface area contributed by atoms with Gasteiger partial charge in [0, 0.05) is 11.9 Å². The molecule has 2 aromatic rings. The molecule has 102 valence electrons. The standard InChI is InChI=1S/C15H15FN4/c1-15(13-7-2-3-8-18-13)10-19-14(17)20(15)12-6-4-5-11(16)9-12/h2-9H,10H2,1H3,(H2,17,19). The molecule has 1 aromatic heterocycles. The number of hydrogen-bond acceptors (Lipinski definition) is 4. The minimum Gasteiger partial charge on any atom is -0.369 e. The fourth-order valence-electron chi connectivity index (χ4n) is 2.54. The summed E-state index contributed by atoms with van der Waals surface area (Å²) in [7, 11) is 0. The number of aromatic nitrogens is 1. The zero-order valence-electron chi connectivity index (χ0n) is 11.1. The van der Waals surface area contributed by atoms with Crippen molar-refractivity contribution >= 4 is 11.6 Å². The van der Waals surface area contributed by atoms with E-state index in [1.54, 1.807) is 12.3 Å². The Labute approximate surface area is 116 Å². The van der Waals surface area contributed by atoms with E-state index < -0.39 is 5.54 Å². The van der Waals surface area contributed by atoms with Crippen LogP contribution in [0.1, 0.15) is 12.6 Å². The first kappa shape index (κ1) is 12.6. The first-order chi connectivity index (χ1) is 9.61. The summed E-state index contributed by atoms with van der Waals surface area (Å²) in [5.74, 6) is 0.0781. The topological polar surface area (TPSA) is 54.5 Å². The van der Waals surface area contributed by atoms with Gasteiger partial charge in [-0.25, -0.2) is 4.39 Å². The minimum atomic E-state index is -0.501. The van der Waals surface area contributed by atoms with E-state index in [-0.39, 0.29) is 5.82 Å². The molecule has 0 saturated heterocycles. The molecule has 20 heavy (non-hydrogen) atoms. The Morgan fingerprint density at radius 3 is 2.80 bits per heavy atom. The van der Waals surface area contributed by atoms with Crippen molar-refractivity contribution in [3.63, 3.8) is 0 Å². The Bertz CT molecular complexity index is 656. The number of aliphatic imine (C=N–C) groups is 1. The monoisotopic (exact) mass is 270 g/mol. The van der Waals surface area contributed by atoms with E-state index in [9.17, 15) is 4.39 Å². The average Bonchev–Trinajstić information content (AvgIpc) is 2.77. The maximum absolute atomic E-state index is 13.5. The number of rotatable bonds is 2. The molecule has 0 amide bonds. The van der Waals surface area contributed by atoms with Gasteiger partial charge in [0.2, 0.25) is 0 Å². The van der Waals surface area contributed by atoms with E-state index in [1.165, 1.54) is 12.1 Å². The lowest BCUT2D eigenvalue weighted by Gasteiger charge is -2.35. The fourth-order valence-corrected chi connectivity index (χ4v) is 2.54. The predicted molar refractivity (Wildman–Crippen MR) is 77.0 cm³/mol. The Morgan fingerprint density at radius 2 is 2.10 bits per heavy atom. The number of guanidine groups is 1. The lowest BCUT2D eigenvalue weighted by Crippen LogP contribution is -2.48. The number of nitrogens with zero attached hydrogens (tertiary/aromatic N) is 3. The van der Waals surface area contributed by atoms with E-state index in [2.05, 4.69) is 9.98 Å². The minimum absolute atomic E-state index is 0.300. The summed E-state index contributed by atoms with van der Waals surface area (Å²) in [5, 5.41) is 0. The second-order valence-corrected chi connectivity index (χ2v) is 4.98. The first-order valence-corrected chi connectivity index (χ1v) is 6.38.